The van der Waals surface area contributed by atoms with Gasteiger partial charge >= 0.3 is 0 Å². The highest BCUT2D eigenvalue weighted by Crippen LogP contribution is 2.08. The predicted octanol–water partition coefficient (Wildman–Crippen LogP) is 2.83. The molecule has 0 aliphatic carbocycles. The summed E-state index contributed by atoms with van der Waals surface area (Å²) in [7, 11) is 0. The predicted molar refractivity (Wildman–Crippen MR) is 74.4 cm³/mol. The van der Waals surface area contributed by atoms with Gasteiger partial charge in [-0.05, 0) is 38.3 Å². The molecule has 0 saturated heterocycles. The summed E-state index contributed by atoms with van der Waals surface area (Å²) in [5.41, 5.74) is 3.90. The van der Waals surface area contributed by atoms with E-state index in [1.54, 1.807) is 6.20 Å². The summed E-state index contributed by atoms with van der Waals surface area (Å²) >= 11 is 0. The molecule has 3 nitrogen and oxygen atoms in total. The molecular weight excluding hydrogens is 222 g/mol. The number of nitrogens with zero attached hydrogens (tertiary/aromatic N) is 1. The van der Waals surface area contributed by atoms with E-state index in [0.717, 1.165) is 25.1 Å². The van der Waals surface area contributed by atoms with Crippen LogP contribution in [0.25, 0.3) is 0 Å². The van der Waals surface area contributed by atoms with E-state index in [1.165, 1.54) is 11.1 Å². The van der Waals surface area contributed by atoms with E-state index in [9.17, 15) is 0 Å². The van der Waals surface area contributed by atoms with Gasteiger partial charge < -0.3 is 5.32 Å². The first-order chi connectivity index (χ1) is 8.74. The minimum Gasteiger partial charge on any atom is -0.309 e. The van der Waals surface area contributed by atoms with E-state index in [1.807, 2.05) is 6.07 Å². The highest BCUT2D eigenvalue weighted by molar-refractivity contribution is 5.22. The Kier molecular flexibility index (Phi) is 4.53. The fourth-order valence-electron chi connectivity index (χ4n) is 2.02. The van der Waals surface area contributed by atoms with E-state index >= 15 is 0 Å². The zero-order valence-corrected chi connectivity index (χ0v) is 11.1. The zero-order valence-electron chi connectivity index (χ0n) is 11.1. The summed E-state index contributed by atoms with van der Waals surface area (Å²) in [6, 6.07) is 11.3. The van der Waals surface area contributed by atoms with Gasteiger partial charge in [0.25, 0.3) is 0 Å². The van der Waals surface area contributed by atoms with Crippen LogP contribution < -0.4 is 5.32 Å². The molecule has 18 heavy (non-hydrogen) atoms. The molecule has 1 atom stereocenters. The number of benzene rings is 1. The van der Waals surface area contributed by atoms with Crippen LogP contribution in [0.4, 0.5) is 0 Å². The van der Waals surface area contributed by atoms with E-state index < -0.39 is 0 Å². The molecule has 96 valence electrons. The Morgan fingerprint density at radius 2 is 2.22 bits per heavy atom. The van der Waals surface area contributed by atoms with Gasteiger partial charge in [-0.15, -0.1) is 0 Å². The van der Waals surface area contributed by atoms with Crippen molar-refractivity contribution in [3.8, 4) is 0 Å². The normalized spacial score (nSPS) is 12.6. The Hall–Kier alpha value is -1.61. The molecule has 0 amide bonds. The van der Waals surface area contributed by atoms with Crippen molar-refractivity contribution in [1.29, 1.82) is 0 Å². The van der Waals surface area contributed by atoms with Gasteiger partial charge in [-0.1, -0.05) is 29.8 Å². The summed E-state index contributed by atoms with van der Waals surface area (Å²) in [5, 5.41) is 10.4. The molecule has 0 fully saturated rings. The van der Waals surface area contributed by atoms with Gasteiger partial charge in [-0.2, -0.15) is 5.10 Å². The lowest BCUT2D eigenvalue weighted by atomic mass is 10.0. The second-order valence-electron chi connectivity index (χ2n) is 4.89. The third-order valence-electron chi connectivity index (χ3n) is 3.15. The van der Waals surface area contributed by atoms with Crippen LogP contribution >= 0.6 is 0 Å². The van der Waals surface area contributed by atoms with Crippen molar-refractivity contribution in [3.63, 3.8) is 0 Å². The highest BCUT2D eigenvalue weighted by Gasteiger charge is 2.03. The van der Waals surface area contributed by atoms with E-state index in [-0.39, 0.29) is 0 Å². The van der Waals surface area contributed by atoms with E-state index in [4.69, 9.17) is 0 Å². The Balaban J connectivity index is 1.73. The maximum absolute atomic E-state index is 3.94. The Bertz CT molecular complexity index is 462. The number of hydrogen-bond acceptors (Lipinski definition) is 2. The lowest BCUT2D eigenvalue weighted by Gasteiger charge is -2.13. The topological polar surface area (TPSA) is 40.7 Å². The maximum Gasteiger partial charge on any atom is 0.0490 e. The highest BCUT2D eigenvalue weighted by atomic mass is 15.1. The van der Waals surface area contributed by atoms with Gasteiger partial charge in [0.2, 0.25) is 0 Å². The molecule has 0 aliphatic rings. The number of nitrogens with one attached hydrogen (secondary N) is 2. The van der Waals surface area contributed by atoms with Gasteiger partial charge in [0.15, 0.2) is 0 Å². The first-order valence-electron chi connectivity index (χ1n) is 6.51. The molecular formula is C15H21N3. The van der Waals surface area contributed by atoms with Crippen molar-refractivity contribution in [2.45, 2.75) is 39.3 Å². The van der Waals surface area contributed by atoms with Gasteiger partial charge in [0.05, 0.1) is 0 Å². The van der Waals surface area contributed by atoms with Gasteiger partial charge in [0.1, 0.15) is 0 Å². The van der Waals surface area contributed by atoms with Crippen molar-refractivity contribution >= 4 is 0 Å². The Labute approximate surface area is 109 Å². The molecule has 2 N–H and O–H groups in total. The minimum atomic E-state index is 0.508. The number of aromatic nitrogens is 2. The van der Waals surface area contributed by atoms with Gasteiger partial charge in [0, 0.05) is 24.5 Å². The molecule has 0 spiro atoms. The number of hydrogen-bond donors (Lipinski definition) is 2. The molecule has 0 radical (unpaired) electrons. The lowest BCUT2D eigenvalue weighted by molar-refractivity contribution is 0.509. The average Bonchev–Trinajstić information content (AvgIpc) is 2.87. The molecule has 1 aromatic heterocycles. The van der Waals surface area contributed by atoms with Crippen molar-refractivity contribution < 1.29 is 0 Å². The van der Waals surface area contributed by atoms with Crippen LogP contribution in [0.1, 0.15) is 30.2 Å². The van der Waals surface area contributed by atoms with Gasteiger partial charge in [-0.25, -0.2) is 0 Å². The quantitative estimate of drug-likeness (QED) is 0.819. The first-order valence-corrected chi connectivity index (χ1v) is 6.51. The molecule has 3 heteroatoms. The van der Waals surface area contributed by atoms with Crippen LogP contribution in [0.2, 0.25) is 0 Å². The Morgan fingerprint density at radius 1 is 1.33 bits per heavy atom. The molecule has 2 aromatic rings. The SMILES string of the molecule is Cc1cccc(CCC(C)NCc2ccn[nH]2)c1. The summed E-state index contributed by atoms with van der Waals surface area (Å²) in [6.45, 7) is 5.23. The lowest BCUT2D eigenvalue weighted by Crippen LogP contribution is -2.26. The summed E-state index contributed by atoms with van der Waals surface area (Å²) in [4.78, 5) is 0. The zero-order chi connectivity index (χ0) is 12.8. The second kappa shape index (κ2) is 6.36. The fourth-order valence-corrected chi connectivity index (χ4v) is 2.02. The largest absolute Gasteiger partial charge is 0.309 e. The van der Waals surface area contributed by atoms with Crippen LogP contribution in [0.3, 0.4) is 0 Å². The van der Waals surface area contributed by atoms with Crippen molar-refractivity contribution in [2.24, 2.45) is 0 Å². The van der Waals surface area contributed by atoms with E-state index in [2.05, 4.69) is 53.6 Å². The van der Waals surface area contributed by atoms with Gasteiger partial charge in [-0.3, -0.25) is 5.10 Å². The Morgan fingerprint density at radius 3 is 2.94 bits per heavy atom. The molecule has 2 rings (SSSR count). The molecule has 1 aromatic carbocycles. The van der Waals surface area contributed by atoms with Crippen LogP contribution in [0, 0.1) is 6.92 Å². The number of H-pyrrole nitrogens is 1. The monoisotopic (exact) mass is 243 g/mol. The summed E-state index contributed by atoms with van der Waals surface area (Å²) in [6.07, 6.45) is 4.06. The fraction of sp³-hybridized carbons (Fsp3) is 0.400. The first kappa shape index (κ1) is 12.8. The minimum absolute atomic E-state index is 0.508. The van der Waals surface area contributed by atoms with Crippen LogP contribution in [-0.2, 0) is 13.0 Å². The van der Waals surface area contributed by atoms with Crippen molar-refractivity contribution in [1.82, 2.24) is 15.5 Å². The molecule has 0 aliphatic heterocycles. The molecule has 0 saturated carbocycles. The summed E-state index contributed by atoms with van der Waals surface area (Å²) < 4.78 is 0. The third kappa shape index (κ3) is 4.00. The maximum atomic E-state index is 3.94. The third-order valence-corrected chi connectivity index (χ3v) is 3.15. The van der Waals surface area contributed by atoms with Crippen LogP contribution in [-0.4, -0.2) is 16.2 Å². The number of aromatic amines is 1. The standard InChI is InChI=1S/C15H21N3/c1-12-4-3-5-14(10-12)7-6-13(2)16-11-15-8-9-17-18-15/h3-5,8-10,13,16H,6-7,11H2,1-2H3,(H,17,18). The molecule has 0 bridgehead atoms. The van der Waals surface area contributed by atoms with Crippen molar-refractivity contribution in [3.05, 3.63) is 53.3 Å². The number of rotatable bonds is 6. The van der Waals surface area contributed by atoms with Crippen LogP contribution in [0.5, 0.6) is 0 Å². The molecule has 1 unspecified atom stereocenters. The average molecular weight is 243 g/mol. The second-order valence-corrected chi connectivity index (χ2v) is 4.89. The summed E-state index contributed by atoms with van der Waals surface area (Å²) in [5.74, 6) is 0. The van der Waals surface area contributed by atoms with E-state index in [0.29, 0.717) is 6.04 Å². The van der Waals surface area contributed by atoms with Crippen LogP contribution in [0.15, 0.2) is 36.5 Å². The molecule has 1 heterocycles. The number of aryl methyl sites for hydroxylation is 2. The van der Waals surface area contributed by atoms with Crippen molar-refractivity contribution in [2.75, 3.05) is 0 Å². The smallest absolute Gasteiger partial charge is 0.0490 e.